The molecule has 6 nitrogen and oxygen atoms in total. The second-order valence-corrected chi connectivity index (χ2v) is 6.03. The maximum absolute atomic E-state index is 12.5. The van der Waals surface area contributed by atoms with Gasteiger partial charge in [0.15, 0.2) is 5.11 Å². The Bertz CT molecular complexity index is 862. The number of methoxy groups -OCH3 is 1. The van der Waals surface area contributed by atoms with Gasteiger partial charge in [0.25, 0.3) is 5.91 Å². The van der Waals surface area contributed by atoms with Crippen LogP contribution in [0.2, 0.25) is 0 Å². The molecule has 0 spiro atoms. The Morgan fingerprint density at radius 2 is 1.85 bits per heavy atom. The van der Waals surface area contributed by atoms with Crippen LogP contribution < -0.4 is 5.32 Å². The van der Waals surface area contributed by atoms with Gasteiger partial charge in [-0.25, -0.2) is 4.79 Å². The second-order valence-electron chi connectivity index (χ2n) is 5.65. The molecule has 0 aliphatic carbocycles. The molecule has 0 saturated carbocycles. The molecule has 0 aromatic heterocycles. The van der Waals surface area contributed by atoms with E-state index in [1.807, 2.05) is 30.3 Å². The zero-order valence-electron chi connectivity index (χ0n) is 14.8. The van der Waals surface area contributed by atoms with Gasteiger partial charge >= 0.3 is 5.97 Å². The summed E-state index contributed by atoms with van der Waals surface area (Å²) in [7, 11) is 1.28. The molecule has 27 heavy (non-hydrogen) atoms. The summed E-state index contributed by atoms with van der Waals surface area (Å²) >= 11 is 5.36. The predicted octanol–water partition coefficient (Wildman–Crippen LogP) is 2.90. The molecule has 0 aliphatic rings. The van der Waals surface area contributed by atoms with Crippen molar-refractivity contribution in [3.05, 3.63) is 71.3 Å². The number of carbonyl (C=O) groups excluding carboxylic acids is 2. The quantitative estimate of drug-likeness (QED) is 0.612. The Kier molecular flexibility index (Phi) is 7.47. The fourth-order valence-electron chi connectivity index (χ4n) is 2.39. The largest absolute Gasteiger partial charge is 0.465 e. The van der Waals surface area contributed by atoms with E-state index >= 15 is 0 Å². The van der Waals surface area contributed by atoms with Crippen molar-refractivity contribution in [2.45, 2.75) is 13.0 Å². The summed E-state index contributed by atoms with van der Waals surface area (Å²) in [5.41, 5.74) is 1.58. The Balaban J connectivity index is 2.10. The van der Waals surface area contributed by atoms with Gasteiger partial charge in [-0.05, 0) is 36.0 Å². The minimum Gasteiger partial charge on any atom is -0.465 e. The van der Waals surface area contributed by atoms with Crippen LogP contribution in [0.25, 0.3) is 0 Å². The highest BCUT2D eigenvalue weighted by Crippen LogP contribution is 2.09. The van der Waals surface area contributed by atoms with Crippen LogP contribution in [0, 0.1) is 11.3 Å². The van der Waals surface area contributed by atoms with E-state index in [9.17, 15) is 9.59 Å². The van der Waals surface area contributed by atoms with E-state index in [4.69, 9.17) is 17.5 Å². The summed E-state index contributed by atoms with van der Waals surface area (Å²) in [6.45, 7) is 0.872. The van der Waals surface area contributed by atoms with Crippen molar-refractivity contribution >= 4 is 29.2 Å². The average molecular weight is 381 g/mol. The number of carbonyl (C=O) groups is 2. The fourth-order valence-corrected chi connectivity index (χ4v) is 2.64. The van der Waals surface area contributed by atoms with Gasteiger partial charge in [0.1, 0.15) is 0 Å². The van der Waals surface area contributed by atoms with Crippen molar-refractivity contribution < 1.29 is 14.3 Å². The first-order valence-corrected chi connectivity index (χ1v) is 8.65. The highest BCUT2D eigenvalue weighted by molar-refractivity contribution is 7.80. The van der Waals surface area contributed by atoms with Gasteiger partial charge < -0.3 is 9.64 Å². The van der Waals surface area contributed by atoms with E-state index in [2.05, 4.69) is 16.1 Å². The zero-order chi connectivity index (χ0) is 19.6. The molecule has 2 aromatic rings. The summed E-state index contributed by atoms with van der Waals surface area (Å²) in [6.07, 6.45) is 0.278. The van der Waals surface area contributed by atoms with Crippen molar-refractivity contribution in [1.82, 2.24) is 10.2 Å². The molecule has 1 N–H and O–H groups in total. The standard InChI is InChI=1S/C20H19N3O3S/c1-26-19(25)17-10-5-9-16(13-17)18(24)22-20(27)23(12-6-11-21)14-15-7-3-2-4-8-15/h2-5,7-10,13H,6,12,14H2,1H3,(H,22,24,27). The first-order chi connectivity index (χ1) is 13.0. The molecule has 0 fully saturated rings. The fraction of sp³-hybridized carbons (Fsp3) is 0.200. The number of nitrogens with one attached hydrogen (secondary N) is 1. The summed E-state index contributed by atoms with van der Waals surface area (Å²) in [5, 5.41) is 11.8. The van der Waals surface area contributed by atoms with Crippen molar-refractivity contribution in [3.8, 4) is 6.07 Å². The lowest BCUT2D eigenvalue weighted by Gasteiger charge is -2.24. The number of amides is 1. The Labute approximate surface area is 163 Å². The molecule has 0 bridgehead atoms. The van der Waals surface area contributed by atoms with Gasteiger partial charge in [-0.1, -0.05) is 36.4 Å². The van der Waals surface area contributed by atoms with E-state index in [-0.39, 0.29) is 17.1 Å². The van der Waals surface area contributed by atoms with Gasteiger partial charge in [0.2, 0.25) is 0 Å². The Morgan fingerprint density at radius 3 is 2.52 bits per heavy atom. The Hall–Kier alpha value is -3.24. The zero-order valence-corrected chi connectivity index (χ0v) is 15.7. The van der Waals surface area contributed by atoms with E-state index in [0.717, 1.165) is 5.56 Å². The maximum Gasteiger partial charge on any atom is 0.337 e. The van der Waals surface area contributed by atoms with E-state index in [1.54, 1.807) is 23.1 Å². The summed E-state index contributed by atoms with van der Waals surface area (Å²) in [4.78, 5) is 25.9. The van der Waals surface area contributed by atoms with Crippen LogP contribution in [0.15, 0.2) is 54.6 Å². The SMILES string of the molecule is COC(=O)c1cccc(C(=O)NC(=S)N(CCC#N)Cc2ccccc2)c1. The molecular weight excluding hydrogens is 362 g/mol. The molecule has 1 amide bonds. The minimum atomic E-state index is -0.521. The van der Waals surface area contributed by atoms with Gasteiger partial charge in [-0.3, -0.25) is 10.1 Å². The number of benzene rings is 2. The van der Waals surface area contributed by atoms with Gasteiger partial charge in [-0.2, -0.15) is 5.26 Å². The molecular formula is C20H19N3O3S. The summed E-state index contributed by atoms with van der Waals surface area (Å²) in [5.74, 6) is -0.951. The minimum absolute atomic E-state index is 0.225. The maximum atomic E-state index is 12.5. The molecule has 138 valence electrons. The van der Waals surface area contributed by atoms with Crippen molar-refractivity contribution in [2.24, 2.45) is 0 Å². The monoisotopic (exact) mass is 381 g/mol. The average Bonchev–Trinajstić information content (AvgIpc) is 2.71. The number of esters is 1. The molecule has 2 rings (SSSR count). The smallest absolute Gasteiger partial charge is 0.337 e. The van der Waals surface area contributed by atoms with Crippen LogP contribution in [-0.4, -0.2) is 35.5 Å². The van der Waals surface area contributed by atoms with Crippen LogP contribution in [0.4, 0.5) is 0 Å². The summed E-state index contributed by atoms with van der Waals surface area (Å²) in [6, 6.07) is 17.9. The lowest BCUT2D eigenvalue weighted by Crippen LogP contribution is -2.42. The van der Waals surface area contributed by atoms with Crippen LogP contribution in [-0.2, 0) is 11.3 Å². The second kappa shape index (κ2) is 10.0. The lowest BCUT2D eigenvalue weighted by molar-refractivity contribution is 0.0600. The first-order valence-electron chi connectivity index (χ1n) is 8.24. The molecule has 2 aromatic carbocycles. The van der Waals surface area contributed by atoms with Gasteiger partial charge in [0.05, 0.1) is 25.2 Å². The van der Waals surface area contributed by atoms with Crippen molar-refractivity contribution in [3.63, 3.8) is 0 Å². The lowest BCUT2D eigenvalue weighted by atomic mass is 10.1. The highest BCUT2D eigenvalue weighted by Gasteiger charge is 2.16. The first kappa shape index (κ1) is 20.1. The molecule has 0 atom stereocenters. The molecule has 0 saturated heterocycles. The third kappa shape index (κ3) is 5.90. The summed E-state index contributed by atoms with van der Waals surface area (Å²) < 4.78 is 4.67. The van der Waals surface area contributed by atoms with Crippen LogP contribution in [0.3, 0.4) is 0 Å². The van der Waals surface area contributed by atoms with Crippen molar-refractivity contribution in [2.75, 3.05) is 13.7 Å². The number of thiocarbonyl (C=S) groups is 1. The van der Waals surface area contributed by atoms with E-state index in [1.165, 1.54) is 13.2 Å². The van der Waals surface area contributed by atoms with Crippen LogP contribution in [0.1, 0.15) is 32.7 Å². The third-order valence-electron chi connectivity index (χ3n) is 3.76. The van der Waals surface area contributed by atoms with E-state index in [0.29, 0.717) is 18.7 Å². The normalized spacial score (nSPS) is 9.78. The number of hydrogen-bond acceptors (Lipinski definition) is 5. The number of nitriles is 1. The molecule has 7 heteroatoms. The highest BCUT2D eigenvalue weighted by atomic mass is 32.1. The topological polar surface area (TPSA) is 82.4 Å². The van der Waals surface area contributed by atoms with Crippen LogP contribution in [0.5, 0.6) is 0 Å². The van der Waals surface area contributed by atoms with Gasteiger partial charge in [-0.15, -0.1) is 0 Å². The van der Waals surface area contributed by atoms with Gasteiger partial charge in [0, 0.05) is 18.7 Å². The number of hydrogen-bond donors (Lipinski definition) is 1. The molecule has 0 unspecified atom stereocenters. The molecule has 0 aliphatic heterocycles. The van der Waals surface area contributed by atoms with E-state index < -0.39 is 11.9 Å². The van der Waals surface area contributed by atoms with Crippen LogP contribution >= 0.6 is 12.2 Å². The number of rotatable bonds is 6. The number of ether oxygens (including phenoxy) is 1. The molecule has 0 heterocycles. The number of nitrogens with zero attached hydrogens (tertiary/aromatic N) is 2. The molecule has 0 radical (unpaired) electrons. The van der Waals surface area contributed by atoms with Crippen molar-refractivity contribution in [1.29, 1.82) is 5.26 Å². The predicted molar refractivity (Wildman–Crippen MR) is 105 cm³/mol. The third-order valence-corrected chi connectivity index (χ3v) is 4.12. The Morgan fingerprint density at radius 1 is 1.15 bits per heavy atom.